The number of nitrogens with zero attached hydrogens (tertiary/aromatic N) is 1. The van der Waals surface area contributed by atoms with Crippen molar-refractivity contribution in [3.8, 4) is 5.75 Å². The zero-order chi connectivity index (χ0) is 13.9. The van der Waals surface area contributed by atoms with Gasteiger partial charge in [0.1, 0.15) is 5.82 Å². The van der Waals surface area contributed by atoms with E-state index in [2.05, 4.69) is 4.74 Å². The second kappa shape index (κ2) is 5.39. The van der Waals surface area contributed by atoms with Crippen LogP contribution < -0.4 is 4.74 Å². The first-order chi connectivity index (χ1) is 8.36. The number of halogens is 2. The van der Waals surface area contributed by atoms with E-state index < -0.39 is 40.1 Å². The van der Waals surface area contributed by atoms with Gasteiger partial charge in [0.05, 0.1) is 18.1 Å². The minimum atomic E-state index is -1.27. The molecule has 1 atom stereocenters. The molecule has 0 aliphatic carbocycles. The van der Waals surface area contributed by atoms with Crippen molar-refractivity contribution >= 4 is 11.7 Å². The lowest BCUT2D eigenvalue weighted by Crippen LogP contribution is -2.25. The van der Waals surface area contributed by atoms with E-state index >= 15 is 0 Å². The summed E-state index contributed by atoms with van der Waals surface area (Å²) < 4.78 is 35.3. The fraction of sp³-hybridized carbons (Fsp3) is 0.300. The van der Waals surface area contributed by atoms with Gasteiger partial charge in [-0.1, -0.05) is 0 Å². The Hall–Kier alpha value is -2.25. The highest BCUT2D eigenvalue weighted by atomic mass is 19.1. The van der Waals surface area contributed by atoms with E-state index in [9.17, 15) is 23.7 Å². The van der Waals surface area contributed by atoms with Gasteiger partial charge in [-0.3, -0.25) is 10.1 Å². The van der Waals surface area contributed by atoms with Crippen LogP contribution in [0.1, 0.15) is 6.92 Å². The SMILES string of the molecule is COC(=O)[C@@H](C)Oc1c(F)cc(F)cc1[N+](=O)[O-]. The van der Waals surface area contributed by atoms with Crippen molar-refractivity contribution in [3.63, 3.8) is 0 Å². The molecule has 1 aromatic carbocycles. The van der Waals surface area contributed by atoms with Gasteiger partial charge in [-0.05, 0) is 6.92 Å². The Balaban J connectivity index is 3.15. The Kier molecular flexibility index (Phi) is 4.13. The van der Waals surface area contributed by atoms with E-state index in [4.69, 9.17) is 4.74 Å². The highest BCUT2D eigenvalue weighted by Gasteiger charge is 2.26. The molecule has 0 bridgehead atoms. The number of ether oxygens (including phenoxy) is 2. The van der Waals surface area contributed by atoms with Crippen LogP contribution in [0, 0.1) is 21.7 Å². The first-order valence-corrected chi connectivity index (χ1v) is 4.74. The van der Waals surface area contributed by atoms with Crippen LogP contribution in [0.3, 0.4) is 0 Å². The van der Waals surface area contributed by atoms with Crippen LogP contribution in [0.15, 0.2) is 12.1 Å². The van der Waals surface area contributed by atoms with Crippen LogP contribution in [0.25, 0.3) is 0 Å². The molecule has 0 radical (unpaired) electrons. The number of esters is 1. The minimum Gasteiger partial charge on any atom is -0.470 e. The Morgan fingerprint density at radius 2 is 2.06 bits per heavy atom. The van der Waals surface area contributed by atoms with Crippen molar-refractivity contribution in [2.45, 2.75) is 13.0 Å². The zero-order valence-electron chi connectivity index (χ0n) is 9.48. The molecule has 0 aliphatic heterocycles. The second-order valence-corrected chi connectivity index (χ2v) is 3.28. The first kappa shape index (κ1) is 13.8. The van der Waals surface area contributed by atoms with Crippen LogP contribution in [0.4, 0.5) is 14.5 Å². The molecule has 0 spiro atoms. The van der Waals surface area contributed by atoms with Crippen molar-refractivity contribution in [2.24, 2.45) is 0 Å². The van der Waals surface area contributed by atoms with Crippen LogP contribution in [0.5, 0.6) is 5.75 Å². The number of nitro benzene ring substituents is 1. The van der Waals surface area contributed by atoms with Crippen molar-refractivity contribution in [1.29, 1.82) is 0 Å². The first-order valence-electron chi connectivity index (χ1n) is 4.74. The molecule has 0 unspecified atom stereocenters. The summed E-state index contributed by atoms with van der Waals surface area (Å²) in [5, 5.41) is 10.6. The van der Waals surface area contributed by atoms with Crippen molar-refractivity contribution in [1.82, 2.24) is 0 Å². The molecule has 0 aromatic heterocycles. The van der Waals surface area contributed by atoms with E-state index in [0.717, 1.165) is 7.11 Å². The van der Waals surface area contributed by atoms with Gasteiger partial charge in [0, 0.05) is 6.07 Å². The molecule has 6 nitrogen and oxygen atoms in total. The van der Waals surface area contributed by atoms with E-state index in [1.165, 1.54) is 6.92 Å². The van der Waals surface area contributed by atoms with E-state index in [-0.39, 0.29) is 0 Å². The van der Waals surface area contributed by atoms with Gasteiger partial charge >= 0.3 is 11.7 Å². The maximum absolute atomic E-state index is 13.4. The summed E-state index contributed by atoms with van der Waals surface area (Å²) in [4.78, 5) is 20.7. The monoisotopic (exact) mass is 261 g/mol. The number of benzene rings is 1. The third-order valence-electron chi connectivity index (χ3n) is 2.01. The van der Waals surface area contributed by atoms with E-state index in [1.54, 1.807) is 0 Å². The fourth-order valence-electron chi connectivity index (χ4n) is 1.19. The quantitative estimate of drug-likeness (QED) is 0.469. The predicted molar refractivity (Wildman–Crippen MR) is 55.1 cm³/mol. The molecule has 0 heterocycles. The number of carbonyl (C=O) groups is 1. The Morgan fingerprint density at radius 1 is 1.44 bits per heavy atom. The molecule has 1 rings (SSSR count). The number of carbonyl (C=O) groups excluding carboxylic acids is 1. The normalized spacial score (nSPS) is 11.8. The number of hydrogen-bond donors (Lipinski definition) is 0. The third-order valence-corrected chi connectivity index (χ3v) is 2.01. The average Bonchev–Trinajstić information content (AvgIpc) is 2.30. The lowest BCUT2D eigenvalue weighted by molar-refractivity contribution is -0.386. The van der Waals surface area contributed by atoms with Crippen LogP contribution in [-0.2, 0) is 9.53 Å². The smallest absolute Gasteiger partial charge is 0.346 e. The molecule has 0 aliphatic rings. The molecule has 0 saturated carbocycles. The number of rotatable bonds is 4. The summed E-state index contributed by atoms with van der Waals surface area (Å²) in [5.41, 5.74) is -0.900. The van der Waals surface area contributed by atoms with E-state index in [1.807, 2.05) is 0 Å². The van der Waals surface area contributed by atoms with Crippen molar-refractivity contribution in [2.75, 3.05) is 7.11 Å². The van der Waals surface area contributed by atoms with Gasteiger partial charge < -0.3 is 9.47 Å². The summed E-state index contributed by atoms with van der Waals surface area (Å²) in [6, 6.07) is 0.925. The molecule has 0 amide bonds. The highest BCUT2D eigenvalue weighted by molar-refractivity contribution is 5.74. The maximum Gasteiger partial charge on any atom is 0.346 e. The molecular weight excluding hydrogens is 252 g/mol. The molecule has 18 heavy (non-hydrogen) atoms. The molecule has 8 heteroatoms. The van der Waals surface area contributed by atoms with Gasteiger partial charge in [-0.2, -0.15) is 0 Å². The number of nitro groups is 1. The largest absolute Gasteiger partial charge is 0.470 e. The van der Waals surface area contributed by atoms with Gasteiger partial charge in [0.2, 0.25) is 5.75 Å². The summed E-state index contributed by atoms with van der Waals surface area (Å²) in [6.45, 7) is 1.22. The zero-order valence-corrected chi connectivity index (χ0v) is 9.48. The van der Waals surface area contributed by atoms with Gasteiger partial charge in [0.15, 0.2) is 11.9 Å². The van der Waals surface area contributed by atoms with Gasteiger partial charge in [0.25, 0.3) is 0 Å². The lowest BCUT2D eigenvalue weighted by Gasteiger charge is -2.12. The molecular formula is C10H9F2NO5. The number of hydrogen-bond acceptors (Lipinski definition) is 5. The molecule has 0 saturated heterocycles. The Bertz CT molecular complexity index is 491. The van der Waals surface area contributed by atoms with Crippen LogP contribution in [-0.4, -0.2) is 24.1 Å². The fourth-order valence-corrected chi connectivity index (χ4v) is 1.19. The highest BCUT2D eigenvalue weighted by Crippen LogP contribution is 2.31. The minimum absolute atomic E-state index is 0.423. The van der Waals surface area contributed by atoms with Gasteiger partial charge in [-0.15, -0.1) is 0 Å². The van der Waals surface area contributed by atoms with Crippen molar-refractivity contribution in [3.05, 3.63) is 33.9 Å². The standard InChI is InChI=1S/C10H9F2NO5/c1-5(10(14)17-2)18-9-7(12)3-6(11)4-8(9)13(15)16/h3-5H,1-2H3/t5-/m1/s1. The number of methoxy groups -OCH3 is 1. The molecule has 98 valence electrons. The van der Waals surface area contributed by atoms with Crippen molar-refractivity contribution < 1.29 is 28.0 Å². The lowest BCUT2D eigenvalue weighted by atomic mass is 10.2. The predicted octanol–water partition coefficient (Wildman–Crippen LogP) is 1.81. The summed E-state index contributed by atoms with van der Waals surface area (Å²) in [5.74, 6) is -4.03. The van der Waals surface area contributed by atoms with Gasteiger partial charge in [-0.25, -0.2) is 13.6 Å². The second-order valence-electron chi connectivity index (χ2n) is 3.28. The summed E-state index contributed by atoms with van der Waals surface area (Å²) in [6.07, 6.45) is -1.26. The van der Waals surface area contributed by atoms with Crippen LogP contribution >= 0.6 is 0 Å². The van der Waals surface area contributed by atoms with Crippen LogP contribution in [0.2, 0.25) is 0 Å². The average molecular weight is 261 g/mol. The summed E-state index contributed by atoms with van der Waals surface area (Å²) >= 11 is 0. The maximum atomic E-state index is 13.4. The third kappa shape index (κ3) is 2.90. The molecule has 0 N–H and O–H groups in total. The summed E-state index contributed by atoms with van der Waals surface area (Å²) in [7, 11) is 1.08. The topological polar surface area (TPSA) is 78.7 Å². The molecule has 0 fully saturated rings. The molecule has 1 aromatic rings. The van der Waals surface area contributed by atoms with E-state index in [0.29, 0.717) is 12.1 Å². The Morgan fingerprint density at radius 3 is 2.56 bits per heavy atom. The Labute approximate surface area is 100 Å².